The molecular weight excluding hydrogens is 342 g/mol. The topological polar surface area (TPSA) is 65.4 Å². The summed E-state index contributed by atoms with van der Waals surface area (Å²) in [6.45, 7) is 4.21. The van der Waals surface area contributed by atoms with E-state index < -0.39 is 0 Å². The maximum absolute atomic E-state index is 12.5. The first-order valence-corrected chi connectivity index (χ1v) is 8.91. The summed E-state index contributed by atoms with van der Waals surface area (Å²) in [7, 11) is 0. The van der Waals surface area contributed by atoms with Crippen molar-refractivity contribution in [3.63, 3.8) is 0 Å². The molecule has 1 aliphatic rings. The third-order valence-electron chi connectivity index (χ3n) is 4.49. The lowest BCUT2D eigenvalue weighted by molar-refractivity contribution is -0.116. The van der Waals surface area contributed by atoms with Gasteiger partial charge in [-0.15, -0.1) is 0 Å². The number of carbonyl (C=O) groups excluding carboxylic acids is 1. The molecule has 0 saturated carbocycles. The fourth-order valence-corrected chi connectivity index (χ4v) is 3.20. The van der Waals surface area contributed by atoms with E-state index in [1.54, 1.807) is 0 Å². The van der Waals surface area contributed by atoms with E-state index >= 15 is 0 Å². The first-order valence-electron chi connectivity index (χ1n) is 8.91. The van der Waals surface area contributed by atoms with Crippen molar-refractivity contribution in [2.45, 2.75) is 26.7 Å². The Hall–Kier alpha value is -3.28. The van der Waals surface area contributed by atoms with Crippen LogP contribution in [0.1, 0.15) is 23.4 Å². The fraction of sp³-hybridized carbons (Fsp3) is 0.238. The van der Waals surface area contributed by atoms with Gasteiger partial charge in [0.05, 0.1) is 17.1 Å². The minimum Gasteiger partial charge on any atom is -0.454 e. The van der Waals surface area contributed by atoms with Gasteiger partial charge in [0.15, 0.2) is 11.5 Å². The summed E-state index contributed by atoms with van der Waals surface area (Å²) >= 11 is 0. The van der Waals surface area contributed by atoms with E-state index in [0.717, 1.165) is 39.8 Å². The van der Waals surface area contributed by atoms with Crippen molar-refractivity contribution in [3.05, 3.63) is 65.5 Å². The molecule has 0 radical (unpaired) electrons. The van der Waals surface area contributed by atoms with Crippen LogP contribution in [-0.2, 0) is 11.2 Å². The molecule has 1 aliphatic heterocycles. The molecule has 138 valence electrons. The highest BCUT2D eigenvalue weighted by atomic mass is 16.7. The number of nitrogens with one attached hydrogen (secondary N) is 1. The summed E-state index contributed by atoms with van der Waals surface area (Å²) in [5, 5.41) is 7.53. The minimum atomic E-state index is -0.0401. The van der Waals surface area contributed by atoms with E-state index in [1.165, 1.54) is 0 Å². The zero-order valence-corrected chi connectivity index (χ0v) is 15.4. The van der Waals surface area contributed by atoms with E-state index in [4.69, 9.17) is 9.47 Å². The number of fused-ring (bicyclic) bond motifs is 1. The summed E-state index contributed by atoms with van der Waals surface area (Å²) in [5.74, 6) is 1.45. The van der Waals surface area contributed by atoms with Crippen molar-refractivity contribution in [1.82, 2.24) is 9.78 Å². The number of aryl methyl sites for hydroxylation is 3. The molecule has 0 saturated heterocycles. The van der Waals surface area contributed by atoms with Gasteiger partial charge in [0.2, 0.25) is 12.7 Å². The summed E-state index contributed by atoms with van der Waals surface area (Å²) in [5.41, 5.74) is 4.62. The molecular formula is C21H21N3O3. The second-order valence-corrected chi connectivity index (χ2v) is 6.59. The minimum absolute atomic E-state index is 0.0401. The van der Waals surface area contributed by atoms with Crippen molar-refractivity contribution in [2.24, 2.45) is 0 Å². The monoisotopic (exact) mass is 363 g/mol. The van der Waals surface area contributed by atoms with Gasteiger partial charge in [0.25, 0.3) is 0 Å². The molecule has 0 bridgehead atoms. The van der Waals surface area contributed by atoms with Crippen LogP contribution in [0, 0.1) is 13.8 Å². The molecule has 0 aliphatic carbocycles. The number of aromatic nitrogens is 2. The summed E-state index contributed by atoms with van der Waals surface area (Å²) < 4.78 is 12.6. The van der Waals surface area contributed by atoms with Crippen molar-refractivity contribution >= 4 is 11.6 Å². The summed E-state index contributed by atoms with van der Waals surface area (Å²) in [6, 6.07) is 15.5. The molecule has 0 fully saturated rings. The number of para-hydroxylation sites is 2. The van der Waals surface area contributed by atoms with Crippen molar-refractivity contribution < 1.29 is 14.3 Å². The number of amides is 1. The lowest BCUT2D eigenvalue weighted by atomic mass is 10.1. The number of rotatable bonds is 5. The number of hydrogen-bond acceptors (Lipinski definition) is 4. The van der Waals surface area contributed by atoms with E-state index in [9.17, 15) is 4.79 Å². The SMILES string of the molecule is Cc1cc(C)n(-c2ccccc2NC(=O)CCc2ccc3c(c2)OCO3)n1. The lowest BCUT2D eigenvalue weighted by Crippen LogP contribution is -2.14. The van der Waals surface area contributed by atoms with Gasteiger partial charge in [-0.25, -0.2) is 4.68 Å². The quantitative estimate of drug-likeness (QED) is 0.749. The van der Waals surface area contributed by atoms with Crippen molar-refractivity contribution in [2.75, 3.05) is 12.1 Å². The summed E-state index contributed by atoms with van der Waals surface area (Å²) in [6.07, 6.45) is 1.01. The van der Waals surface area contributed by atoms with Gasteiger partial charge in [-0.3, -0.25) is 4.79 Å². The first-order chi connectivity index (χ1) is 13.1. The second-order valence-electron chi connectivity index (χ2n) is 6.59. The first kappa shape index (κ1) is 17.1. The Morgan fingerprint density at radius 1 is 1.11 bits per heavy atom. The zero-order valence-electron chi connectivity index (χ0n) is 15.4. The Morgan fingerprint density at radius 2 is 1.93 bits per heavy atom. The number of carbonyl (C=O) groups is 1. The molecule has 0 unspecified atom stereocenters. The van der Waals surface area contributed by atoms with E-state index in [-0.39, 0.29) is 12.7 Å². The summed E-state index contributed by atoms with van der Waals surface area (Å²) in [4.78, 5) is 12.5. The van der Waals surface area contributed by atoms with Gasteiger partial charge in [-0.2, -0.15) is 5.10 Å². The highest BCUT2D eigenvalue weighted by Crippen LogP contribution is 2.32. The molecule has 3 aromatic rings. The normalized spacial score (nSPS) is 12.2. The number of benzene rings is 2. The average molecular weight is 363 g/mol. The highest BCUT2D eigenvalue weighted by Gasteiger charge is 2.14. The van der Waals surface area contributed by atoms with E-state index in [0.29, 0.717) is 12.8 Å². The molecule has 1 amide bonds. The molecule has 2 heterocycles. The molecule has 2 aromatic carbocycles. The predicted octanol–water partition coefficient (Wildman–Crippen LogP) is 3.79. The van der Waals surface area contributed by atoms with E-state index in [2.05, 4.69) is 10.4 Å². The van der Waals surface area contributed by atoms with Crippen LogP contribution in [0.15, 0.2) is 48.5 Å². The molecule has 0 atom stereocenters. The Morgan fingerprint density at radius 3 is 2.74 bits per heavy atom. The predicted molar refractivity (Wildman–Crippen MR) is 103 cm³/mol. The van der Waals surface area contributed by atoms with Gasteiger partial charge < -0.3 is 14.8 Å². The molecule has 6 heteroatoms. The molecule has 1 N–H and O–H groups in total. The second kappa shape index (κ2) is 7.15. The van der Waals surface area contributed by atoms with Crippen LogP contribution in [0.2, 0.25) is 0 Å². The Labute approximate surface area is 157 Å². The van der Waals surface area contributed by atoms with Crippen LogP contribution in [-0.4, -0.2) is 22.5 Å². The Bertz CT molecular complexity index is 994. The maximum atomic E-state index is 12.5. The van der Waals surface area contributed by atoms with Crippen LogP contribution < -0.4 is 14.8 Å². The Kier molecular flexibility index (Phi) is 4.54. The van der Waals surface area contributed by atoms with Gasteiger partial charge in [-0.1, -0.05) is 18.2 Å². The lowest BCUT2D eigenvalue weighted by Gasteiger charge is -2.12. The van der Waals surface area contributed by atoms with Gasteiger partial charge >= 0.3 is 0 Å². The van der Waals surface area contributed by atoms with Crippen LogP contribution in [0.25, 0.3) is 5.69 Å². The smallest absolute Gasteiger partial charge is 0.231 e. The number of ether oxygens (including phenoxy) is 2. The molecule has 4 rings (SSSR count). The number of hydrogen-bond donors (Lipinski definition) is 1. The highest BCUT2D eigenvalue weighted by molar-refractivity contribution is 5.93. The van der Waals surface area contributed by atoms with Gasteiger partial charge in [0, 0.05) is 12.1 Å². The van der Waals surface area contributed by atoms with Gasteiger partial charge in [-0.05, 0) is 56.2 Å². The molecule has 27 heavy (non-hydrogen) atoms. The van der Waals surface area contributed by atoms with Gasteiger partial charge in [0.1, 0.15) is 0 Å². The average Bonchev–Trinajstić information content (AvgIpc) is 3.25. The number of anilines is 1. The van der Waals surface area contributed by atoms with Crippen molar-refractivity contribution in [3.8, 4) is 17.2 Å². The zero-order chi connectivity index (χ0) is 18.8. The fourth-order valence-electron chi connectivity index (χ4n) is 3.20. The van der Waals surface area contributed by atoms with E-state index in [1.807, 2.05) is 67.1 Å². The third-order valence-corrected chi connectivity index (χ3v) is 4.49. The standard InChI is InChI=1S/C21H21N3O3/c1-14-11-15(2)24(23-14)18-6-4-3-5-17(18)22-21(25)10-8-16-7-9-19-20(12-16)27-13-26-19/h3-7,9,11-12H,8,10,13H2,1-2H3,(H,22,25). The largest absolute Gasteiger partial charge is 0.454 e. The molecule has 0 spiro atoms. The molecule has 6 nitrogen and oxygen atoms in total. The van der Waals surface area contributed by atoms with Crippen LogP contribution >= 0.6 is 0 Å². The third kappa shape index (κ3) is 3.65. The van der Waals surface area contributed by atoms with Crippen molar-refractivity contribution in [1.29, 1.82) is 0 Å². The maximum Gasteiger partial charge on any atom is 0.231 e. The number of nitrogens with zero attached hydrogens (tertiary/aromatic N) is 2. The Balaban J connectivity index is 1.45. The van der Waals surface area contributed by atoms with Crippen LogP contribution in [0.3, 0.4) is 0 Å². The molecule has 1 aromatic heterocycles. The van der Waals surface area contributed by atoms with Crippen LogP contribution in [0.5, 0.6) is 11.5 Å². The van der Waals surface area contributed by atoms with Crippen LogP contribution in [0.4, 0.5) is 5.69 Å².